The second-order valence-corrected chi connectivity index (χ2v) is 6.35. The Bertz CT molecular complexity index is 711. The molecule has 3 unspecified atom stereocenters. The van der Waals surface area contributed by atoms with Crippen molar-refractivity contribution in [1.29, 1.82) is 0 Å². The zero-order valence-electron chi connectivity index (χ0n) is 11.0. The summed E-state index contributed by atoms with van der Waals surface area (Å²) >= 11 is 1.31. The largest absolute Gasteiger partial charge is 0.545 e. The summed E-state index contributed by atoms with van der Waals surface area (Å²) in [4.78, 5) is 11.3. The first kappa shape index (κ1) is 13.3. The Morgan fingerprint density at radius 2 is 2.10 bits per heavy atom. The van der Waals surface area contributed by atoms with Gasteiger partial charge in [-0.25, -0.2) is 0 Å². The number of hydrogen-bond acceptors (Lipinski definition) is 6. The van der Waals surface area contributed by atoms with Gasteiger partial charge in [0.25, 0.3) is 0 Å². The number of benzene rings is 1. The van der Waals surface area contributed by atoms with Gasteiger partial charge in [0.2, 0.25) is 5.72 Å². The summed E-state index contributed by atoms with van der Waals surface area (Å²) in [5, 5.41) is 35.5. The number of rotatable bonds is 1. The number of anilines is 1. The second kappa shape index (κ2) is 3.91. The minimum absolute atomic E-state index is 0.466. The first-order valence-electron chi connectivity index (χ1n) is 6.12. The molecule has 106 valence electrons. The molecule has 3 rings (SSSR count). The van der Waals surface area contributed by atoms with Crippen molar-refractivity contribution in [3.05, 3.63) is 24.3 Å². The van der Waals surface area contributed by atoms with Crippen molar-refractivity contribution in [2.75, 3.05) is 5.32 Å². The Balaban J connectivity index is 2.31. The number of aliphatic hydroxyl groups excluding tert-OH is 1. The zero-order valence-corrected chi connectivity index (χ0v) is 11.8. The van der Waals surface area contributed by atoms with Crippen LogP contribution in [0.4, 0.5) is 5.13 Å². The van der Waals surface area contributed by atoms with E-state index in [0.717, 1.165) is 10.2 Å². The molecule has 3 N–H and O–H groups in total. The van der Waals surface area contributed by atoms with Crippen molar-refractivity contribution in [2.45, 2.75) is 31.2 Å². The zero-order chi connectivity index (χ0) is 14.7. The molecule has 6 nitrogen and oxygen atoms in total. The molecule has 0 saturated carbocycles. The number of carbonyl (C=O) groups excluding carboxylic acids is 1. The van der Waals surface area contributed by atoms with Gasteiger partial charge in [-0.2, -0.15) is 4.57 Å². The smallest absolute Gasteiger partial charge is 0.338 e. The van der Waals surface area contributed by atoms with Crippen molar-refractivity contribution in [3.63, 3.8) is 0 Å². The summed E-state index contributed by atoms with van der Waals surface area (Å²) in [6, 6.07) is 7.34. The number of nitrogens with one attached hydrogen (secondary N) is 1. The lowest BCUT2D eigenvalue weighted by atomic mass is 9.86. The highest BCUT2D eigenvalue weighted by atomic mass is 32.1. The van der Waals surface area contributed by atoms with Crippen molar-refractivity contribution in [1.82, 2.24) is 0 Å². The molecule has 1 aliphatic rings. The first-order valence-corrected chi connectivity index (χ1v) is 6.94. The summed E-state index contributed by atoms with van der Waals surface area (Å²) in [7, 11) is 0. The average Bonchev–Trinajstić information content (AvgIpc) is 2.74. The van der Waals surface area contributed by atoms with E-state index in [1.54, 1.807) is 6.07 Å². The Morgan fingerprint density at radius 1 is 1.45 bits per heavy atom. The highest BCUT2D eigenvalue weighted by molar-refractivity contribution is 7.21. The van der Waals surface area contributed by atoms with Crippen molar-refractivity contribution < 1.29 is 24.7 Å². The van der Waals surface area contributed by atoms with Gasteiger partial charge in [0, 0.05) is 6.92 Å². The van der Waals surface area contributed by atoms with Crippen LogP contribution < -0.4 is 15.0 Å². The standard InChI is InChI=1S/C13H14N2O4S/c1-12(10(17)18)9(16)13(2,19)15-7-5-3-4-6-8(7)20-11(15)14-12/h3-6,9,16,19H,1-2H3,(H,17,18). The van der Waals surface area contributed by atoms with E-state index in [1.165, 1.54) is 29.8 Å². The van der Waals surface area contributed by atoms with Crippen molar-refractivity contribution in [2.24, 2.45) is 0 Å². The first-order chi connectivity index (χ1) is 9.28. The monoisotopic (exact) mass is 294 g/mol. The van der Waals surface area contributed by atoms with Gasteiger partial charge in [-0.1, -0.05) is 12.1 Å². The lowest BCUT2D eigenvalue weighted by Gasteiger charge is -2.42. The van der Waals surface area contributed by atoms with Gasteiger partial charge in [0.15, 0.2) is 11.6 Å². The average molecular weight is 294 g/mol. The van der Waals surface area contributed by atoms with Crippen LogP contribution in [-0.2, 0) is 10.5 Å². The predicted molar refractivity (Wildman–Crippen MR) is 70.9 cm³/mol. The fourth-order valence-corrected chi connectivity index (χ4v) is 3.90. The van der Waals surface area contributed by atoms with Crippen LogP contribution in [0, 0.1) is 0 Å². The normalized spacial score (nSPS) is 32.7. The van der Waals surface area contributed by atoms with E-state index in [0.29, 0.717) is 5.13 Å². The minimum atomic E-state index is -1.76. The van der Waals surface area contributed by atoms with Crippen LogP contribution in [-0.4, -0.2) is 27.8 Å². The molecule has 0 saturated heterocycles. The van der Waals surface area contributed by atoms with E-state index in [4.69, 9.17) is 0 Å². The van der Waals surface area contributed by atoms with E-state index in [1.807, 2.05) is 18.2 Å². The van der Waals surface area contributed by atoms with Crippen LogP contribution >= 0.6 is 11.3 Å². The van der Waals surface area contributed by atoms with Gasteiger partial charge >= 0.3 is 5.13 Å². The van der Waals surface area contributed by atoms with Gasteiger partial charge < -0.3 is 20.1 Å². The third kappa shape index (κ3) is 1.51. The molecule has 1 aromatic carbocycles. The summed E-state index contributed by atoms with van der Waals surface area (Å²) in [6.45, 7) is 2.69. The molecule has 2 heterocycles. The molecule has 0 aliphatic carbocycles. The fourth-order valence-electron chi connectivity index (χ4n) is 2.64. The summed E-state index contributed by atoms with van der Waals surface area (Å²) in [5.74, 6) is -1.46. The van der Waals surface area contributed by atoms with E-state index in [2.05, 4.69) is 5.32 Å². The highest BCUT2D eigenvalue weighted by Crippen LogP contribution is 2.37. The van der Waals surface area contributed by atoms with Crippen LogP contribution in [0.15, 0.2) is 24.3 Å². The van der Waals surface area contributed by atoms with Crippen LogP contribution in [0.5, 0.6) is 0 Å². The highest BCUT2D eigenvalue weighted by Gasteiger charge is 2.58. The Morgan fingerprint density at radius 3 is 2.75 bits per heavy atom. The molecule has 0 bridgehead atoms. The van der Waals surface area contributed by atoms with Crippen LogP contribution in [0.3, 0.4) is 0 Å². The summed E-state index contributed by atoms with van der Waals surface area (Å²) < 4.78 is 2.40. The number of aliphatic carboxylic acids is 1. The molecule has 0 radical (unpaired) electrons. The summed E-state index contributed by atoms with van der Waals surface area (Å²) in [5.41, 5.74) is -2.79. The number of para-hydroxylation sites is 1. The van der Waals surface area contributed by atoms with Gasteiger partial charge in [0.05, 0.1) is 10.7 Å². The van der Waals surface area contributed by atoms with Crippen molar-refractivity contribution in [3.8, 4) is 0 Å². The number of carboxylic acid groups (broad SMARTS) is 1. The van der Waals surface area contributed by atoms with E-state index in [9.17, 15) is 20.1 Å². The number of nitrogens with zero attached hydrogens (tertiary/aromatic N) is 1. The number of fused-ring (bicyclic) bond motifs is 3. The van der Waals surface area contributed by atoms with Gasteiger partial charge in [-0.05, 0) is 30.4 Å². The Hall–Kier alpha value is -1.70. The topological polar surface area (TPSA) is 96.5 Å². The van der Waals surface area contributed by atoms with Crippen LogP contribution in [0.2, 0.25) is 0 Å². The summed E-state index contributed by atoms with van der Waals surface area (Å²) in [6.07, 6.45) is -1.56. The molecule has 0 amide bonds. The van der Waals surface area contributed by atoms with Gasteiger partial charge in [0.1, 0.15) is 5.52 Å². The number of thiazole rings is 1. The molecule has 3 atom stereocenters. The fraction of sp³-hybridized carbons (Fsp3) is 0.385. The molecule has 0 spiro atoms. The molecule has 1 aliphatic heterocycles. The molecule has 2 aromatic rings. The van der Waals surface area contributed by atoms with Gasteiger partial charge in [-0.15, -0.1) is 0 Å². The molecular weight excluding hydrogens is 280 g/mol. The lowest BCUT2D eigenvalue weighted by Crippen LogP contribution is -2.76. The lowest BCUT2D eigenvalue weighted by molar-refractivity contribution is -0.783. The number of aromatic nitrogens is 1. The van der Waals surface area contributed by atoms with Gasteiger partial charge in [-0.3, -0.25) is 5.32 Å². The van der Waals surface area contributed by atoms with Crippen LogP contribution in [0.1, 0.15) is 13.8 Å². The SMILES string of the molecule is CC1(C(=O)[O-])Nc2sc3ccccc3[n+]2C(C)(O)C1O. The predicted octanol–water partition coefficient (Wildman–Crippen LogP) is -0.851. The second-order valence-electron chi connectivity index (χ2n) is 5.32. The third-order valence-electron chi connectivity index (χ3n) is 3.82. The maximum atomic E-state index is 11.3. The maximum Gasteiger partial charge on any atom is 0.338 e. The quantitative estimate of drug-likeness (QED) is 0.595. The number of hydrogen-bond donors (Lipinski definition) is 3. The molecule has 1 aromatic heterocycles. The Labute approximate surface area is 118 Å². The van der Waals surface area contributed by atoms with E-state index < -0.39 is 23.3 Å². The maximum absolute atomic E-state index is 11.3. The van der Waals surface area contributed by atoms with E-state index in [-0.39, 0.29) is 0 Å². The van der Waals surface area contributed by atoms with Crippen molar-refractivity contribution >= 4 is 32.7 Å². The molecule has 0 fully saturated rings. The molecule has 20 heavy (non-hydrogen) atoms. The van der Waals surface area contributed by atoms with Crippen LogP contribution in [0.25, 0.3) is 10.2 Å². The number of aliphatic hydroxyl groups is 2. The Kier molecular flexibility index (Phi) is 2.60. The third-order valence-corrected chi connectivity index (χ3v) is 4.87. The van der Waals surface area contributed by atoms with E-state index >= 15 is 0 Å². The minimum Gasteiger partial charge on any atom is -0.545 e. The molecule has 7 heteroatoms. The number of carbonyl (C=O) groups is 1. The number of carboxylic acids is 1. The molecular formula is C13H14N2O4S.